The van der Waals surface area contributed by atoms with Crippen molar-refractivity contribution >= 4 is 40.9 Å². The Morgan fingerprint density at radius 3 is 2.32 bits per heavy atom. The summed E-state index contributed by atoms with van der Waals surface area (Å²) in [4.78, 5) is 25.1. The van der Waals surface area contributed by atoms with E-state index in [0.29, 0.717) is 15.7 Å². The summed E-state index contributed by atoms with van der Waals surface area (Å²) in [6.45, 7) is 3.27. The Labute approximate surface area is 120 Å². The molecule has 0 bridgehead atoms. The summed E-state index contributed by atoms with van der Waals surface area (Å²) >= 11 is 11.7. The molecule has 2 amide bonds. The van der Waals surface area contributed by atoms with E-state index in [-0.39, 0.29) is 0 Å². The minimum Gasteiger partial charge on any atom is -0.428 e. The lowest BCUT2D eigenvalue weighted by atomic mass is 10.1. The SMILES string of the molecule is C/C=C\C1(C)OC(=O)N(c2cc(Cl)cc(Cl)c2)C1=O. The first-order valence-electron chi connectivity index (χ1n) is 5.55. The van der Waals surface area contributed by atoms with Crippen LogP contribution >= 0.6 is 23.2 Å². The number of carbonyl (C=O) groups excluding carboxylic acids is 2. The summed E-state index contributed by atoms with van der Waals surface area (Å²) in [5, 5.41) is 0.672. The number of hydrogen-bond acceptors (Lipinski definition) is 3. The van der Waals surface area contributed by atoms with E-state index in [1.165, 1.54) is 31.2 Å². The highest BCUT2D eigenvalue weighted by atomic mass is 35.5. The lowest BCUT2D eigenvalue weighted by Gasteiger charge is -2.15. The van der Waals surface area contributed by atoms with Crippen molar-refractivity contribution in [2.75, 3.05) is 4.90 Å². The molecule has 1 aliphatic rings. The molecular formula is C13H11Cl2NO3. The van der Waals surface area contributed by atoms with Gasteiger partial charge in [0, 0.05) is 10.0 Å². The molecule has 1 fully saturated rings. The number of cyclic esters (lactones) is 1. The largest absolute Gasteiger partial charge is 0.428 e. The van der Waals surface area contributed by atoms with Crippen molar-refractivity contribution in [2.45, 2.75) is 19.4 Å². The van der Waals surface area contributed by atoms with Gasteiger partial charge in [0.1, 0.15) is 0 Å². The lowest BCUT2D eigenvalue weighted by molar-refractivity contribution is -0.125. The van der Waals surface area contributed by atoms with Crippen molar-refractivity contribution < 1.29 is 14.3 Å². The van der Waals surface area contributed by atoms with Gasteiger partial charge in [-0.1, -0.05) is 29.3 Å². The number of nitrogens with zero attached hydrogens (tertiary/aromatic N) is 1. The van der Waals surface area contributed by atoms with Gasteiger partial charge in [0.05, 0.1) is 5.69 Å². The van der Waals surface area contributed by atoms with Crippen LogP contribution in [-0.4, -0.2) is 17.6 Å². The summed E-state index contributed by atoms with van der Waals surface area (Å²) in [6.07, 6.45) is 2.43. The molecule has 0 spiro atoms. The van der Waals surface area contributed by atoms with Gasteiger partial charge in [-0.05, 0) is 38.1 Å². The van der Waals surface area contributed by atoms with Crippen LogP contribution < -0.4 is 4.90 Å². The van der Waals surface area contributed by atoms with E-state index in [0.717, 1.165) is 4.90 Å². The number of imide groups is 1. The Bertz CT molecular complexity index is 565. The van der Waals surface area contributed by atoms with E-state index >= 15 is 0 Å². The van der Waals surface area contributed by atoms with Gasteiger partial charge in [-0.15, -0.1) is 0 Å². The van der Waals surface area contributed by atoms with Gasteiger partial charge in [-0.25, -0.2) is 9.69 Å². The zero-order valence-electron chi connectivity index (χ0n) is 10.3. The minimum atomic E-state index is -1.29. The summed E-state index contributed by atoms with van der Waals surface area (Å²) in [7, 11) is 0. The maximum absolute atomic E-state index is 12.3. The molecule has 4 nitrogen and oxygen atoms in total. The highest BCUT2D eigenvalue weighted by Crippen LogP contribution is 2.33. The van der Waals surface area contributed by atoms with Gasteiger partial charge < -0.3 is 4.74 Å². The third-order valence-corrected chi connectivity index (χ3v) is 3.14. The number of amides is 2. The van der Waals surface area contributed by atoms with Crippen molar-refractivity contribution in [2.24, 2.45) is 0 Å². The van der Waals surface area contributed by atoms with Crippen LogP contribution in [0.1, 0.15) is 13.8 Å². The van der Waals surface area contributed by atoms with Gasteiger partial charge in [0.25, 0.3) is 5.91 Å². The average molecular weight is 300 g/mol. The molecule has 100 valence electrons. The maximum atomic E-state index is 12.3. The molecule has 2 rings (SSSR count). The number of benzene rings is 1. The monoisotopic (exact) mass is 299 g/mol. The van der Waals surface area contributed by atoms with Crippen molar-refractivity contribution in [1.29, 1.82) is 0 Å². The summed E-state index contributed by atoms with van der Waals surface area (Å²) < 4.78 is 5.11. The van der Waals surface area contributed by atoms with Crippen LogP contribution in [0.2, 0.25) is 10.0 Å². The zero-order chi connectivity index (χ0) is 14.2. The van der Waals surface area contributed by atoms with Crippen LogP contribution in [0.4, 0.5) is 10.5 Å². The molecule has 1 unspecified atom stereocenters. The summed E-state index contributed by atoms with van der Waals surface area (Å²) in [6, 6.07) is 4.48. The van der Waals surface area contributed by atoms with Crippen LogP contribution in [0, 0.1) is 0 Å². The Kier molecular flexibility index (Phi) is 3.56. The first-order valence-corrected chi connectivity index (χ1v) is 6.30. The number of carbonyl (C=O) groups is 2. The second-order valence-electron chi connectivity index (χ2n) is 4.24. The molecule has 19 heavy (non-hydrogen) atoms. The van der Waals surface area contributed by atoms with Gasteiger partial charge in [0.2, 0.25) is 5.60 Å². The van der Waals surface area contributed by atoms with Crippen LogP contribution in [0.25, 0.3) is 0 Å². The Hall–Kier alpha value is -1.52. The first kappa shape index (κ1) is 13.9. The number of ether oxygens (including phenoxy) is 1. The number of hydrogen-bond donors (Lipinski definition) is 0. The molecule has 1 atom stereocenters. The zero-order valence-corrected chi connectivity index (χ0v) is 11.8. The molecule has 0 saturated carbocycles. The third kappa shape index (κ3) is 2.46. The maximum Gasteiger partial charge on any atom is 0.422 e. The second-order valence-corrected chi connectivity index (χ2v) is 5.12. The molecule has 0 aliphatic carbocycles. The predicted molar refractivity (Wildman–Crippen MR) is 73.6 cm³/mol. The van der Waals surface area contributed by atoms with E-state index in [1.54, 1.807) is 13.0 Å². The molecule has 1 heterocycles. The van der Waals surface area contributed by atoms with Gasteiger partial charge >= 0.3 is 6.09 Å². The van der Waals surface area contributed by atoms with Crippen molar-refractivity contribution in [1.82, 2.24) is 0 Å². The number of rotatable bonds is 2. The van der Waals surface area contributed by atoms with E-state index < -0.39 is 17.6 Å². The molecule has 6 heteroatoms. The van der Waals surface area contributed by atoms with Gasteiger partial charge in [-0.2, -0.15) is 0 Å². The van der Waals surface area contributed by atoms with Crippen molar-refractivity contribution in [3.63, 3.8) is 0 Å². The fraction of sp³-hybridized carbons (Fsp3) is 0.231. The second kappa shape index (κ2) is 4.87. The molecule has 1 aromatic carbocycles. The van der Waals surface area contributed by atoms with Gasteiger partial charge in [0.15, 0.2) is 0 Å². The Morgan fingerprint density at radius 1 is 1.21 bits per heavy atom. The van der Waals surface area contributed by atoms with Crippen LogP contribution in [0.15, 0.2) is 30.4 Å². The standard InChI is InChI=1S/C13H11Cl2NO3/c1-3-4-13(2)11(17)16(12(18)19-13)10-6-8(14)5-9(15)7-10/h3-7H,1-2H3/b4-3-. The van der Waals surface area contributed by atoms with E-state index in [2.05, 4.69) is 0 Å². The molecule has 1 aliphatic heterocycles. The molecule has 0 radical (unpaired) electrons. The van der Waals surface area contributed by atoms with E-state index in [1.807, 2.05) is 0 Å². The molecule has 0 N–H and O–H groups in total. The number of anilines is 1. The molecule has 1 saturated heterocycles. The summed E-state index contributed by atoms with van der Waals surface area (Å²) in [5.74, 6) is -0.478. The molecule has 1 aromatic rings. The van der Waals surface area contributed by atoms with Crippen molar-refractivity contribution in [3.8, 4) is 0 Å². The fourth-order valence-corrected chi connectivity index (χ4v) is 2.40. The van der Waals surface area contributed by atoms with Crippen molar-refractivity contribution in [3.05, 3.63) is 40.4 Å². The van der Waals surface area contributed by atoms with Crippen LogP contribution in [0.3, 0.4) is 0 Å². The van der Waals surface area contributed by atoms with Crippen LogP contribution in [0.5, 0.6) is 0 Å². The minimum absolute atomic E-state index is 0.292. The van der Waals surface area contributed by atoms with E-state index in [4.69, 9.17) is 27.9 Å². The molecular weight excluding hydrogens is 289 g/mol. The predicted octanol–water partition coefficient (Wildman–Crippen LogP) is 3.81. The fourth-order valence-electron chi connectivity index (χ4n) is 1.89. The molecule has 0 aromatic heterocycles. The Balaban J connectivity index is 2.46. The third-order valence-electron chi connectivity index (χ3n) is 2.70. The summed E-state index contributed by atoms with van der Waals surface area (Å²) in [5.41, 5.74) is -0.999. The smallest absolute Gasteiger partial charge is 0.422 e. The average Bonchev–Trinajstić information content (AvgIpc) is 2.48. The highest BCUT2D eigenvalue weighted by Gasteiger charge is 2.49. The quantitative estimate of drug-likeness (QED) is 0.780. The van der Waals surface area contributed by atoms with E-state index in [9.17, 15) is 9.59 Å². The van der Waals surface area contributed by atoms with Gasteiger partial charge in [-0.3, -0.25) is 4.79 Å². The number of halogens is 2. The Morgan fingerprint density at radius 2 is 1.79 bits per heavy atom. The topological polar surface area (TPSA) is 46.6 Å². The number of allylic oxidation sites excluding steroid dienone is 1. The highest BCUT2D eigenvalue weighted by molar-refractivity contribution is 6.35. The van der Waals surface area contributed by atoms with Crippen LogP contribution in [-0.2, 0) is 9.53 Å². The normalized spacial score (nSPS) is 23.3. The lowest BCUT2D eigenvalue weighted by Crippen LogP contribution is -2.37. The first-order chi connectivity index (χ1) is 8.87.